The first kappa shape index (κ1) is 35.0. The van der Waals surface area contributed by atoms with Crippen molar-refractivity contribution in [2.75, 3.05) is 13.1 Å². The topological polar surface area (TPSA) is 177 Å². The van der Waals surface area contributed by atoms with E-state index in [0.29, 0.717) is 12.8 Å². The fraction of sp³-hybridized carbons (Fsp3) is 0.800. The Bertz CT molecular complexity index is 985. The molecule has 0 aromatic heterocycles. The normalized spacial score (nSPS) is 22.1. The lowest BCUT2D eigenvalue weighted by Gasteiger charge is -2.36. The van der Waals surface area contributed by atoms with Crippen LogP contribution in [-0.2, 0) is 28.7 Å². The van der Waals surface area contributed by atoms with Crippen molar-refractivity contribution in [2.45, 2.75) is 124 Å². The number of esters is 1. The zero-order chi connectivity index (χ0) is 31.6. The fourth-order valence-electron chi connectivity index (χ4n) is 5.65. The van der Waals surface area contributed by atoms with Gasteiger partial charge in [0.25, 0.3) is 5.91 Å². The summed E-state index contributed by atoms with van der Waals surface area (Å²) in [5.41, 5.74) is 4.52. The molecule has 0 aromatic carbocycles. The summed E-state index contributed by atoms with van der Waals surface area (Å²) in [7, 11) is 0. The number of rotatable bonds is 11. The van der Waals surface area contributed by atoms with E-state index in [4.69, 9.17) is 10.5 Å². The lowest BCUT2D eigenvalue weighted by Crippen LogP contribution is -2.60. The number of hydrogen-bond acceptors (Lipinski definition) is 7. The maximum atomic E-state index is 13.8. The minimum Gasteiger partial charge on any atom is -0.461 e. The molecule has 1 aliphatic heterocycles. The van der Waals surface area contributed by atoms with Crippen LogP contribution in [0.4, 0.5) is 4.79 Å². The third-order valence-corrected chi connectivity index (χ3v) is 8.15. The molecule has 3 aliphatic rings. The van der Waals surface area contributed by atoms with E-state index in [2.05, 4.69) is 16.0 Å². The number of ether oxygens (including phenoxy) is 1. The molecule has 4 atom stereocenters. The van der Waals surface area contributed by atoms with E-state index in [1.54, 1.807) is 20.8 Å². The number of nitrogens with two attached hydrogens (primary N) is 1. The number of Topliss-reactive ketones (excluding diaryl/α,β-unsaturated/α-hetero) is 1. The van der Waals surface area contributed by atoms with Crippen LogP contribution in [0.1, 0.15) is 99.3 Å². The summed E-state index contributed by atoms with van der Waals surface area (Å²) in [6.07, 6.45) is 7.12. The average Bonchev–Trinajstić information content (AvgIpc) is 3.56. The summed E-state index contributed by atoms with van der Waals surface area (Å²) in [6.45, 7) is 11.3. The van der Waals surface area contributed by atoms with Gasteiger partial charge in [-0.05, 0) is 55.8 Å². The first-order valence-corrected chi connectivity index (χ1v) is 15.4. The summed E-state index contributed by atoms with van der Waals surface area (Å²) in [5.74, 6) is -3.23. The van der Waals surface area contributed by atoms with E-state index in [0.717, 1.165) is 44.9 Å². The molecule has 3 fully saturated rings. The predicted molar refractivity (Wildman–Crippen MR) is 157 cm³/mol. The van der Waals surface area contributed by atoms with Gasteiger partial charge in [0.2, 0.25) is 17.6 Å². The summed E-state index contributed by atoms with van der Waals surface area (Å²) in [6, 6.07) is -3.60. The minimum absolute atomic E-state index is 0.00331. The first-order chi connectivity index (χ1) is 19.8. The van der Waals surface area contributed by atoms with Crippen LogP contribution in [0, 0.1) is 17.3 Å². The summed E-state index contributed by atoms with van der Waals surface area (Å²) < 4.78 is 5.36. The van der Waals surface area contributed by atoms with Gasteiger partial charge in [-0.3, -0.25) is 24.0 Å². The molecule has 2 aliphatic carbocycles. The van der Waals surface area contributed by atoms with Gasteiger partial charge in [0.05, 0.1) is 6.04 Å². The Labute approximate surface area is 249 Å². The summed E-state index contributed by atoms with van der Waals surface area (Å²) in [5, 5.41) is 7.84. The highest BCUT2D eigenvalue weighted by molar-refractivity contribution is 6.37. The molecule has 2 saturated carbocycles. The molecule has 0 spiro atoms. The van der Waals surface area contributed by atoms with Gasteiger partial charge in [0.1, 0.15) is 24.7 Å². The van der Waals surface area contributed by atoms with Crippen molar-refractivity contribution in [3.63, 3.8) is 0 Å². The van der Waals surface area contributed by atoms with Crippen LogP contribution in [0.2, 0.25) is 0 Å². The highest BCUT2D eigenvalue weighted by Gasteiger charge is 2.45. The second-order valence-corrected chi connectivity index (χ2v) is 12.7. The number of hydrogen-bond donors (Lipinski definition) is 4. The lowest BCUT2D eigenvalue weighted by atomic mass is 9.80. The van der Waals surface area contributed by atoms with E-state index >= 15 is 0 Å². The SMILES string of the molecule is CC.C[C@@H]1C[C@@H](C(=O)NC(CC2CCC2)C(=O)C(N)=O)N(C(=O)C(NC(=O)NCC(=O)OC2CCCC2)C(C)(C)C)C1. The summed E-state index contributed by atoms with van der Waals surface area (Å²) in [4.78, 5) is 77.5. The van der Waals surface area contributed by atoms with Crippen molar-refractivity contribution in [3.05, 3.63) is 0 Å². The molecule has 42 heavy (non-hydrogen) atoms. The molecule has 1 heterocycles. The molecular formula is C30H51N5O7. The van der Waals surface area contributed by atoms with E-state index in [9.17, 15) is 28.8 Å². The number of urea groups is 1. The van der Waals surface area contributed by atoms with E-state index in [-0.39, 0.29) is 31.0 Å². The van der Waals surface area contributed by atoms with Crippen LogP contribution in [0.15, 0.2) is 0 Å². The molecule has 5 N–H and O–H groups in total. The van der Waals surface area contributed by atoms with Crippen LogP contribution in [0.5, 0.6) is 0 Å². The average molecular weight is 594 g/mol. The minimum atomic E-state index is -1.10. The van der Waals surface area contributed by atoms with Crippen molar-refractivity contribution in [1.82, 2.24) is 20.9 Å². The second-order valence-electron chi connectivity index (χ2n) is 12.7. The zero-order valence-electron chi connectivity index (χ0n) is 26.1. The second kappa shape index (κ2) is 15.9. The molecule has 0 aromatic rings. The molecule has 12 nitrogen and oxygen atoms in total. The number of nitrogens with zero attached hydrogens (tertiary/aromatic N) is 1. The van der Waals surface area contributed by atoms with Gasteiger partial charge in [0.15, 0.2) is 0 Å². The van der Waals surface area contributed by atoms with Crippen molar-refractivity contribution in [3.8, 4) is 0 Å². The predicted octanol–water partition coefficient (Wildman–Crippen LogP) is 2.18. The Morgan fingerprint density at radius 2 is 1.57 bits per heavy atom. The van der Waals surface area contributed by atoms with Crippen molar-refractivity contribution in [1.29, 1.82) is 0 Å². The fourth-order valence-corrected chi connectivity index (χ4v) is 5.65. The smallest absolute Gasteiger partial charge is 0.325 e. The van der Waals surface area contributed by atoms with Gasteiger partial charge in [-0.2, -0.15) is 0 Å². The van der Waals surface area contributed by atoms with Crippen LogP contribution in [-0.4, -0.2) is 77.7 Å². The van der Waals surface area contributed by atoms with Crippen LogP contribution in [0.3, 0.4) is 0 Å². The maximum Gasteiger partial charge on any atom is 0.325 e. The van der Waals surface area contributed by atoms with Gasteiger partial charge < -0.3 is 31.3 Å². The van der Waals surface area contributed by atoms with E-state index in [1.807, 2.05) is 20.8 Å². The molecule has 12 heteroatoms. The van der Waals surface area contributed by atoms with Gasteiger partial charge >= 0.3 is 12.0 Å². The lowest BCUT2D eigenvalue weighted by molar-refractivity contribution is -0.147. The Hall–Kier alpha value is -3.18. The number of likely N-dealkylation sites (tertiary alicyclic amines) is 1. The highest BCUT2D eigenvalue weighted by Crippen LogP contribution is 2.32. The molecule has 1 saturated heterocycles. The Morgan fingerprint density at radius 3 is 2.10 bits per heavy atom. The van der Waals surface area contributed by atoms with Gasteiger partial charge in [-0.25, -0.2) is 4.79 Å². The van der Waals surface area contributed by atoms with Crippen LogP contribution < -0.4 is 21.7 Å². The molecule has 3 rings (SSSR count). The van der Waals surface area contributed by atoms with Gasteiger partial charge in [0, 0.05) is 6.54 Å². The third-order valence-electron chi connectivity index (χ3n) is 8.15. The van der Waals surface area contributed by atoms with Crippen molar-refractivity contribution >= 4 is 35.5 Å². The Morgan fingerprint density at radius 1 is 0.952 bits per heavy atom. The quantitative estimate of drug-likeness (QED) is 0.209. The van der Waals surface area contributed by atoms with Crippen LogP contribution >= 0.6 is 0 Å². The van der Waals surface area contributed by atoms with Gasteiger partial charge in [-0.1, -0.05) is 60.8 Å². The zero-order valence-corrected chi connectivity index (χ0v) is 26.1. The summed E-state index contributed by atoms with van der Waals surface area (Å²) >= 11 is 0. The number of nitrogens with one attached hydrogen (secondary N) is 3. The molecule has 0 bridgehead atoms. The highest BCUT2D eigenvalue weighted by atomic mass is 16.5. The molecular weight excluding hydrogens is 542 g/mol. The van der Waals surface area contributed by atoms with Crippen molar-refractivity contribution in [2.24, 2.45) is 23.0 Å². The Balaban J connectivity index is 0.00000301. The number of ketones is 1. The van der Waals surface area contributed by atoms with Crippen molar-refractivity contribution < 1.29 is 33.5 Å². The monoisotopic (exact) mass is 593 g/mol. The molecule has 0 radical (unpaired) electrons. The van der Waals surface area contributed by atoms with Crippen LogP contribution in [0.25, 0.3) is 0 Å². The number of amides is 5. The number of carbonyl (C=O) groups excluding carboxylic acids is 6. The largest absolute Gasteiger partial charge is 0.461 e. The molecule has 2 unspecified atom stereocenters. The standard InChI is InChI=1S/C28H45N5O7.C2H6/c1-16-12-20(25(37)31-19(22(35)24(29)36)13-17-8-7-9-17)33(15-16)26(38)23(28(2,3)4)32-27(39)30-14-21(34)40-18-10-5-6-11-18;1-2/h16-20,23H,5-15H2,1-4H3,(H2,29,36)(H,31,37)(H2,30,32,39);1-2H3/t16-,19?,20+,23?;/m1./s1. The van der Waals surface area contributed by atoms with Gasteiger partial charge in [-0.15, -0.1) is 0 Å². The maximum absolute atomic E-state index is 13.8. The van der Waals surface area contributed by atoms with E-state index < -0.39 is 59.0 Å². The third kappa shape index (κ3) is 9.97. The number of carbonyl (C=O) groups is 6. The molecule has 5 amide bonds. The first-order valence-electron chi connectivity index (χ1n) is 15.4. The van der Waals surface area contributed by atoms with E-state index in [1.165, 1.54) is 4.90 Å². The Kier molecular flexibility index (Phi) is 13.2. The number of primary amides is 1. The molecule has 238 valence electrons.